The van der Waals surface area contributed by atoms with Crippen molar-refractivity contribution in [1.29, 1.82) is 0 Å². The third-order valence-corrected chi connectivity index (χ3v) is 6.21. The number of aryl methyl sites for hydroxylation is 1. The van der Waals surface area contributed by atoms with Gasteiger partial charge >= 0.3 is 5.97 Å². The van der Waals surface area contributed by atoms with Crippen LogP contribution in [0.25, 0.3) is 0 Å². The van der Waals surface area contributed by atoms with E-state index in [9.17, 15) is 18.7 Å². The van der Waals surface area contributed by atoms with E-state index in [2.05, 4.69) is 43.4 Å². The van der Waals surface area contributed by atoms with Gasteiger partial charge in [-0.15, -0.1) is 12.4 Å². The number of esters is 1. The Hall–Kier alpha value is -2.22. The first-order chi connectivity index (χ1) is 16.2. The van der Waals surface area contributed by atoms with Crippen LogP contribution in [0.5, 0.6) is 5.75 Å². The van der Waals surface area contributed by atoms with Crippen LogP contribution in [0.15, 0.2) is 36.4 Å². The lowest BCUT2D eigenvalue weighted by Crippen LogP contribution is -2.46. The summed E-state index contributed by atoms with van der Waals surface area (Å²) in [5, 5.41) is 13.7. The van der Waals surface area contributed by atoms with Gasteiger partial charge in [-0.25, -0.2) is 4.39 Å². The van der Waals surface area contributed by atoms with Crippen molar-refractivity contribution in [1.82, 2.24) is 5.32 Å². The lowest BCUT2D eigenvalue weighted by molar-refractivity contribution is -0.143. The molecular formula is C27H36ClF2NO4. The molecule has 0 saturated carbocycles. The number of rotatable bonds is 12. The SMILES string of the molecule is CCOC(=O)CCc1ccc(OC[C@H](O)CNC(C)(C)CC2Cc3ccccc3C2)c(F)c1F.Cl. The number of β-amino-alcohol motifs (C(OH)–C–C–N with tert-alkyl or cyclic N) is 1. The van der Waals surface area contributed by atoms with Crippen LogP contribution in [0.1, 0.15) is 50.3 Å². The van der Waals surface area contributed by atoms with E-state index in [1.165, 1.54) is 23.3 Å². The molecule has 5 nitrogen and oxygen atoms in total. The number of hydrogen-bond acceptors (Lipinski definition) is 5. The van der Waals surface area contributed by atoms with Gasteiger partial charge in [-0.1, -0.05) is 30.3 Å². The minimum Gasteiger partial charge on any atom is -0.488 e. The van der Waals surface area contributed by atoms with E-state index in [-0.39, 0.29) is 61.9 Å². The molecular weight excluding hydrogens is 476 g/mol. The van der Waals surface area contributed by atoms with Gasteiger partial charge in [0.15, 0.2) is 11.6 Å². The normalized spacial score (nSPS) is 14.2. The van der Waals surface area contributed by atoms with Crippen LogP contribution in [-0.4, -0.2) is 42.5 Å². The van der Waals surface area contributed by atoms with Gasteiger partial charge in [-0.3, -0.25) is 4.79 Å². The summed E-state index contributed by atoms with van der Waals surface area (Å²) in [6, 6.07) is 11.2. The lowest BCUT2D eigenvalue weighted by Gasteiger charge is -2.30. The molecule has 194 valence electrons. The quantitative estimate of drug-likeness (QED) is 0.401. The Morgan fingerprint density at radius 2 is 1.80 bits per heavy atom. The fourth-order valence-electron chi connectivity index (χ4n) is 4.57. The first-order valence-electron chi connectivity index (χ1n) is 11.9. The average molecular weight is 512 g/mol. The Labute approximate surface area is 212 Å². The molecule has 3 rings (SSSR count). The number of carbonyl (C=O) groups is 1. The van der Waals surface area contributed by atoms with Gasteiger partial charge in [0, 0.05) is 18.5 Å². The third-order valence-electron chi connectivity index (χ3n) is 6.21. The van der Waals surface area contributed by atoms with Crippen molar-refractivity contribution >= 4 is 18.4 Å². The summed E-state index contributed by atoms with van der Waals surface area (Å²) < 4.78 is 38.9. The van der Waals surface area contributed by atoms with Crippen molar-refractivity contribution in [3.05, 3.63) is 64.7 Å². The topological polar surface area (TPSA) is 67.8 Å². The molecule has 0 radical (unpaired) electrons. The maximum Gasteiger partial charge on any atom is 0.306 e. The molecule has 0 unspecified atom stereocenters. The second kappa shape index (κ2) is 13.2. The van der Waals surface area contributed by atoms with Crippen LogP contribution < -0.4 is 10.1 Å². The van der Waals surface area contributed by atoms with Crippen molar-refractivity contribution < 1.29 is 28.2 Å². The Balaban J connectivity index is 0.00000432. The smallest absolute Gasteiger partial charge is 0.306 e. The molecule has 1 aliphatic carbocycles. The summed E-state index contributed by atoms with van der Waals surface area (Å²) in [5.41, 5.74) is 2.72. The van der Waals surface area contributed by atoms with Gasteiger partial charge in [0.2, 0.25) is 5.82 Å². The van der Waals surface area contributed by atoms with Crippen molar-refractivity contribution in [3.63, 3.8) is 0 Å². The number of benzene rings is 2. The summed E-state index contributed by atoms with van der Waals surface area (Å²) in [7, 11) is 0. The molecule has 0 fully saturated rings. The van der Waals surface area contributed by atoms with E-state index in [1.807, 2.05) is 0 Å². The second-order valence-corrected chi connectivity index (χ2v) is 9.63. The van der Waals surface area contributed by atoms with Gasteiger partial charge in [-0.2, -0.15) is 4.39 Å². The van der Waals surface area contributed by atoms with Crippen LogP contribution in [-0.2, 0) is 28.8 Å². The summed E-state index contributed by atoms with van der Waals surface area (Å²) in [6.45, 7) is 6.24. The van der Waals surface area contributed by atoms with Crippen molar-refractivity contribution in [2.45, 2.75) is 64.5 Å². The molecule has 35 heavy (non-hydrogen) atoms. The second-order valence-electron chi connectivity index (χ2n) is 9.63. The van der Waals surface area contributed by atoms with Gasteiger partial charge in [0.1, 0.15) is 12.7 Å². The van der Waals surface area contributed by atoms with Crippen LogP contribution >= 0.6 is 12.4 Å². The van der Waals surface area contributed by atoms with Crippen molar-refractivity contribution in [2.24, 2.45) is 5.92 Å². The molecule has 0 heterocycles. The zero-order valence-corrected chi connectivity index (χ0v) is 21.4. The maximum absolute atomic E-state index is 14.4. The largest absolute Gasteiger partial charge is 0.488 e. The summed E-state index contributed by atoms with van der Waals surface area (Å²) in [5.74, 6) is -2.35. The summed E-state index contributed by atoms with van der Waals surface area (Å²) >= 11 is 0. The zero-order valence-electron chi connectivity index (χ0n) is 20.6. The molecule has 8 heteroatoms. The van der Waals surface area contributed by atoms with E-state index in [0.29, 0.717) is 5.92 Å². The molecule has 0 aliphatic heterocycles. The van der Waals surface area contributed by atoms with E-state index in [0.717, 1.165) is 19.3 Å². The molecule has 2 N–H and O–H groups in total. The number of aliphatic hydroxyl groups is 1. The lowest BCUT2D eigenvalue weighted by atomic mass is 9.88. The van der Waals surface area contributed by atoms with Gasteiger partial charge in [0.25, 0.3) is 0 Å². The molecule has 1 aliphatic rings. The van der Waals surface area contributed by atoms with Crippen LogP contribution in [0.3, 0.4) is 0 Å². The Morgan fingerprint density at radius 1 is 1.14 bits per heavy atom. The highest BCUT2D eigenvalue weighted by molar-refractivity contribution is 5.85. The van der Waals surface area contributed by atoms with E-state index in [4.69, 9.17) is 9.47 Å². The van der Waals surface area contributed by atoms with Crippen molar-refractivity contribution in [3.8, 4) is 5.75 Å². The summed E-state index contributed by atoms with van der Waals surface area (Å²) in [6.07, 6.45) is 2.21. The molecule has 0 saturated heterocycles. The fourth-order valence-corrected chi connectivity index (χ4v) is 4.57. The Kier molecular flexibility index (Phi) is 10.9. The molecule has 0 amide bonds. The van der Waals surface area contributed by atoms with Gasteiger partial charge in [-0.05, 0) is 75.1 Å². The predicted octanol–water partition coefficient (Wildman–Crippen LogP) is 4.80. The number of carbonyl (C=O) groups excluding carboxylic acids is 1. The highest BCUT2D eigenvalue weighted by atomic mass is 35.5. The average Bonchev–Trinajstić information content (AvgIpc) is 3.19. The Bertz CT molecular complexity index is 961. The molecule has 0 aromatic heterocycles. The molecule has 1 atom stereocenters. The van der Waals surface area contributed by atoms with E-state index in [1.54, 1.807) is 6.92 Å². The standard InChI is InChI=1S/C27H35F2NO4.ClH/c1-4-33-24(32)12-10-19-9-11-23(26(29)25(19)28)34-17-22(31)16-30-27(2,3)15-18-13-20-7-5-6-8-21(20)14-18;/h5-9,11,18,22,30-31H,4,10,12-17H2,1-3H3;1H/t22-;/m1./s1. The van der Waals surface area contributed by atoms with Crippen molar-refractivity contribution in [2.75, 3.05) is 19.8 Å². The number of fused-ring (bicyclic) bond motifs is 1. The Morgan fingerprint density at radius 3 is 2.43 bits per heavy atom. The van der Waals surface area contributed by atoms with Crippen LogP contribution in [0, 0.1) is 17.6 Å². The molecule has 0 spiro atoms. The molecule has 2 aromatic carbocycles. The minimum atomic E-state index is -1.12. The van der Waals surface area contributed by atoms with Gasteiger partial charge in [0.05, 0.1) is 6.61 Å². The number of aliphatic hydroxyl groups excluding tert-OH is 1. The maximum atomic E-state index is 14.4. The highest BCUT2D eigenvalue weighted by Crippen LogP contribution is 2.32. The van der Waals surface area contributed by atoms with E-state index < -0.39 is 23.7 Å². The fraction of sp³-hybridized carbons (Fsp3) is 0.519. The minimum absolute atomic E-state index is 0. The number of halogens is 3. The first-order valence-corrected chi connectivity index (χ1v) is 11.9. The molecule has 0 bridgehead atoms. The monoisotopic (exact) mass is 511 g/mol. The third kappa shape index (κ3) is 8.44. The highest BCUT2D eigenvalue weighted by Gasteiger charge is 2.28. The van der Waals surface area contributed by atoms with E-state index >= 15 is 0 Å². The predicted molar refractivity (Wildman–Crippen MR) is 134 cm³/mol. The number of hydrogen-bond donors (Lipinski definition) is 2. The first kappa shape index (κ1) is 29.0. The van der Waals surface area contributed by atoms with Crippen LogP contribution in [0.4, 0.5) is 8.78 Å². The number of ether oxygens (including phenoxy) is 2. The molecule has 2 aromatic rings. The van der Waals surface area contributed by atoms with Gasteiger partial charge < -0.3 is 19.9 Å². The van der Waals surface area contributed by atoms with Crippen LogP contribution in [0.2, 0.25) is 0 Å². The number of nitrogens with one attached hydrogen (secondary N) is 1. The zero-order chi connectivity index (χ0) is 24.7. The summed E-state index contributed by atoms with van der Waals surface area (Å²) in [4.78, 5) is 11.4.